The molecule has 0 aliphatic heterocycles. The highest BCUT2D eigenvalue weighted by Gasteiger charge is 2.25. The van der Waals surface area contributed by atoms with E-state index in [1.807, 2.05) is 60.5 Å². The maximum Gasteiger partial charge on any atom is 0.246 e. The Bertz CT molecular complexity index is 994. The van der Waals surface area contributed by atoms with Gasteiger partial charge in [-0.3, -0.25) is 14.5 Å². The minimum Gasteiger partial charge on any atom is -0.357 e. The van der Waals surface area contributed by atoms with Gasteiger partial charge in [0.1, 0.15) is 11.9 Å². The van der Waals surface area contributed by atoms with Gasteiger partial charge in [0.25, 0.3) is 0 Å². The number of hydrogen-bond acceptors (Lipinski definition) is 3. The summed E-state index contributed by atoms with van der Waals surface area (Å²) in [6.45, 7) is 0.0528. The molecule has 0 aliphatic rings. The normalized spacial score (nSPS) is 12.8. The van der Waals surface area contributed by atoms with Crippen molar-refractivity contribution in [1.29, 1.82) is 0 Å². The summed E-state index contributed by atoms with van der Waals surface area (Å²) in [5.74, 6) is -0.893. The molecule has 0 aliphatic carbocycles. The maximum absolute atomic E-state index is 13.5. The molecule has 0 spiro atoms. The van der Waals surface area contributed by atoms with E-state index in [-0.39, 0.29) is 30.2 Å². The van der Waals surface area contributed by atoms with Crippen molar-refractivity contribution in [1.82, 2.24) is 15.5 Å². The van der Waals surface area contributed by atoms with Crippen molar-refractivity contribution < 1.29 is 14.0 Å². The second kappa shape index (κ2) is 10.5. The van der Waals surface area contributed by atoms with Crippen molar-refractivity contribution in [3.05, 3.63) is 107 Å². The molecule has 2 atom stereocenters. The molecule has 160 valence electrons. The predicted molar refractivity (Wildman–Crippen MR) is 119 cm³/mol. The van der Waals surface area contributed by atoms with E-state index in [4.69, 9.17) is 0 Å². The first-order valence-electron chi connectivity index (χ1n) is 10.1. The summed E-state index contributed by atoms with van der Waals surface area (Å²) in [6.07, 6.45) is 0. The summed E-state index contributed by atoms with van der Waals surface area (Å²) in [5.41, 5.74) is 2.56. The molecular weight excluding hydrogens is 393 g/mol. The Morgan fingerprint density at radius 2 is 1.35 bits per heavy atom. The molecule has 2 N–H and O–H groups in total. The molecule has 2 unspecified atom stereocenters. The number of hydrogen-bond donors (Lipinski definition) is 2. The lowest BCUT2D eigenvalue weighted by Gasteiger charge is -2.29. The summed E-state index contributed by atoms with van der Waals surface area (Å²) in [5, 5.41) is 5.43. The molecule has 0 radical (unpaired) electrons. The van der Waals surface area contributed by atoms with E-state index in [1.54, 1.807) is 24.3 Å². The molecule has 3 rings (SSSR count). The minimum absolute atomic E-state index is 0.0528. The van der Waals surface area contributed by atoms with Crippen LogP contribution in [-0.2, 0) is 9.59 Å². The third-order valence-corrected chi connectivity index (χ3v) is 5.08. The Labute approximate surface area is 181 Å². The van der Waals surface area contributed by atoms with Gasteiger partial charge in [-0.2, -0.15) is 0 Å². The van der Waals surface area contributed by atoms with Crippen molar-refractivity contribution >= 4 is 11.8 Å². The van der Waals surface area contributed by atoms with Gasteiger partial charge in [0.05, 0.1) is 12.6 Å². The van der Waals surface area contributed by atoms with Crippen LogP contribution in [0.3, 0.4) is 0 Å². The van der Waals surface area contributed by atoms with Crippen molar-refractivity contribution in [2.45, 2.75) is 12.1 Å². The van der Waals surface area contributed by atoms with Gasteiger partial charge in [-0.1, -0.05) is 72.8 Å². The fourth-order valence-corrected chi connectivity index (χ4v) is 3.60. The Morgan fingerprint density at radius 1 is 0.839 bits per heavy atom. The van der Waals surface area contributed by atoms with E-state index in [0.717, 1.165) is 11.1 Å². The second-order valence-corrected chi connectivity index (χ2v) is 7.31. The highest BCUT2D eigenvalue weighted by atomic mass is 19.1. The van der Waals surface area contributed by atoms with Crippen molar-refractivity contribution in [2.24, 2.45) is 0 Å². The lowest BCUT2D eigenvalue weighted by molar-refractivity contribution is -0.129. The molecule has 0 aromatic heterocycles. The maximum atomic E-state index is 13.5. The van der Waals surface area contributed by atoms with Crippen LogP contribution < -0.4 is 10.6 Å². The summed E-state index contributed by atoms with van der Waals surface area (Å²) < 4.78 is 13.5. The zero-order valence-corrected chi connectivity index (χ0v) is 17.6. The van der Waals surface area contributed by atoms with Crippen molar-refractivity contribution in [2.75, 3.05) is 20.6 Å². The molecule has 31 heavy (non-hydrogen) atoms. The number of likely N-dealkylation sites (N-methyl/N-ethyl adjacent to an activating group) is 2. The Kier molecular flexibility index (Phi) is 7.51. The number of carbonyl (C=O) groups excluding carboxylic acids is 2. The summed E-state index contributed by atoms with van der Waals surface area (Å²) in [7, 11) is 3.37. The molecule has 2 amide bonds. The number of carbonyl (C=O) groups is 2. The molecule has 3 aromatic carbocycles. The quantitative estimate of drug-likeness (QED) is 0.588. The third-order valence-electron chi connectivity index (χ3n) is 5.08. The first-order chi connectivity index (χ1) is 15.0. The van der Waals surface area contributed by atoms with E-state index in [9.17, 15) is 14.0 Å². The molecule has 6 heteroatoms. The van der Waals surface area contributed by atoms with Gasteiger partial charge in [0.2, 0.25) is 11.8 Å². The van der Waals surface area contributed by atoms with Gasteiger partial charge in [-0.15, -0.1) is 0 Å². The Balaban J connectivity index is 1.80. The van der Waals surface area contributed by atoms with Crippen LogP contribution >= 0.6 is 0 Å². The molecule has 5 nitrogen and oxygen atoms in total. The van der Waals surface area contributed by atoms with Crippen LogP contribution in [-0.4, -0.2) is 37.4 Å². The standard InChI is InChI=1S/C25H26FN3O2/c1-27-25(31)23(18-9-5-3-6-10-18)28-22(30)17-29(2)24(19-11-7-4-8-12-19)20-13-15-21(26)16-14-20/h3-16,23-24H,17H2,1-2H3,(H,27,31)(H,28,30). The highest BCUT2D eigenvalue weighted by Crippen LogP contribution is 2.27. The average molecular weight is 420 g/mol. The Morgan fingerprint density at radius 3 is 1.90 bits per heavy atom. The topological polar surface area (TPSA) is 61.4 Å². The van der Waals surface area contributed by atoms with E-state index in [1.165, 1.54) is 19.2 Å². The molecule has 3 aromatic rings. The molecule has 0 saturated heterocycles. The molecular formula is C25H26FN3O2. The smallest absolute Gasteiger partial charge is 0.246 e. The van der Waals surface area contributed by atoms with Gasteiger partial charge in [0.15, 0.2) is 0 Å². The molecule has 0 bridgehead atoms. The van der Waals surface area contributed by atoms with E-state index < -0.39 is 6.04 Å². The number of benzene rings is 3. The summed E-state index contributed by atoms with van der Waals surface area (Å²) in [6, 6.07) is 24.1. The van der Waals surface area contributed by atoms with Gasteiger partial charge in [-0.25, -0.2) is 4.39 Å². The van der Waals surface area contributed by atoms with Crippen LogP contribution in [0.1, 0.15) is 28.8 Å². The zero-order valence-electron chi connectivity index (χ0n) is 17.6. The van der Waals surface area contributed by atoms with Crippen molar-refractivity contribution in [3.63, 3.8) is 0 Å². The van der Waals surface area contributed by atoms with E-state index in [2.05, 4.69) is 10.6 Å². The van der Waals surface area contributed by atoms with Crippen molar-refractivity contribution in [3.8, 4) is 0 Å². The van der Waals surface area contributed by atoms with E-state index in [0.29, 0.717) is 5.56 Å². The number of rotatable bonds is 8. The summed E-state index contributed by atoms with van der Waals surface area (Å²) >= 11 is 0. The first kappa shape index (κ1) is 22.2. The van der Waals surface area contributed by atoms with Gasteiger partial charge >= 0.3 is 0 Å². The number of nitrogens with zero attached hydrogens (tertiary/aromatic N) is 1. The largest absolute Gasteiger partial charge is 0.357 e. The third kappa shape index (κ3) is 5.77. The minimum atomic E-state index is -0.784. The highest BCUT2D eigenvalue weighted by molar-refractivity contribution is 5.89. The predicted octanol–water partition coefficient (Wildman–Crippen LogP) is 3.45. The fourth-order valence-electron chi connectivity index (χ4n) is 3.60. The zero-order chi connectivity index (χ0) is 22.2. The van der Waals surface area contributed by atoms with Gasteiger partial charge in [-0.05, 0) is 35.9 Å². The fraction of sp³-hybridized carbons (Fsp3) is 0.200. The van der Waals surface area contributed by atoms with Crippen LogP contribution in [0.4, 0.5) is 4.39 Å². The first-order valence-corrected chi connectivity index (χ1v) is 10.1. The number of amides is 2. The lowest BCUT2D eigenvalue weighted by Crippen LogP contribution is -2.43. The van der Waals surface area contributed by atoms with Crippen LogP contribution in [0.2, 0.25) is 0 Å². The second-order valence-electron chi connectivity index (χ2n) is 7.31. The molecule has 0 saturated carbocycles. The van der Waals surface area contributed by atoms with Gasteiger partial charge < -0.3 is 10.6 Å². The van der Waals surface area contributed by atoms with Crippen LogP contribution in [0, 0.1) is 5.82 Å². The SMILES string of the molecule is CNC(=O)C(NC(=O)CN(C)C(c1ccccc1)c1ccc(F)cc1)c1ccccc1. The molecule has 0 heterocycles. The van der Waals surface area contributed by atoms with E-state index >= 15 is 0 Å². The molecule has 0 fully saturated rings. The average Bonchev–Trinajstić information content (AvgIpc) is 2.79. The number of halogens is 1. The number of nitrogens with one attached hydrogen (secondary N) is 2. The summed E-state index contributed by atoms with van der Waals surface area (Å²) in [4.78, 5) is 27.1. The lowest BCUT2D eigenvalue weighted by atomic mass is 9.97. The monoisotopic (exact) mass is 419 g/mol. The van der Waals surface area contributed by atoms with Gasteiger partial charge in [0, 0.05) is 7.05 Å². The van der Waals surface area contributed by atoms with Crippen LogP contribution in [0.5, 0.6) is 0 Å². The Hall–Kier alpha value is -3.51. The van der Waals surface area contributed by atoms with Crippen LogP contribution in [0.15, 0.2) is 84.9 Å². The van der Waals surface area contributed by atoms with Crippen LogP contribution in [0.25, 0.3) is 0 Å².